The fourth-order valence-corrected chi connectivity index (χ4v) is 1.53. The number of methoxy groups -OCH3 is 1. The maximum atomic E-state index is 11.8. The number of amides is 2. The van der Waals surface area contributed by atoms with E-state index < -0.39 is 0 Å². The summed E-state index contributed by atoms with van der Waals surface area (Å²) in [5.41, 5.74) is 0.683. The van der Waals surface area contributed by atoms with Crippen LogP contribution < -0.4 is 15.4 Å². The van der Waals surface area contributed by atoms with Gasteiger partial charge >= 0.3 is 6.03 Å². The van der Waals surface area contributed by atoms with E-state index in [0.717, 1.165) is 5.75 Å². The normalized spacial score (nSPS) is 11.7. The molecular weight excluding hydrogens is 246 g/mol. The maximum absolute atomic E-state index is 11.8. The van der Waals surface area contributed by atoms with Crippen molar-refractivity contribution < 1.29 is 9.53 Å². The van der Waals surface area contributed by atoms with Crippen molar-refractivity contribution in [1.29, 1.82) is 0 Å². The third-order valence-corrected chi connectivity index (χ3v) is 2.54. The number of rotatable bonds is 4. The molecule has 0 spiro atoms. The first-order valence-electron chi connectivity index (χ1n) is 5.76. The number of hydrogen-bond donors (Lipinski definition) is 3. The number of carbonyl (C=O) groups excluding carboxylic acids is 1. The smallest absolute Gasteiger partial charge is 0.319 e. The topological polar surface area (TPSA) is 91.9 Å². The van der Waals surface area contributed by atoms with Gasteiger partial charge in [-0.1, -0.05) is 0 Å². The number of aromatic nitrogens is 3. The number of ether oxygens (including phenoxy) is 1. The second kappa shape index (κ2) is 5.85. The molecular formula is C12H15N5O2. The van der Waals surface area contributed by atoms with E-state index >= 15 is 0 Å². The minimum atomic E-state index is -0.311. The van der Waals surface area contributed by atoms with Gasteiger partial charge in [-0.15, -0.1) is 0 Å². The molecule has 1 heterocycles. The lowest BCUT2D eigenvalue weighted by atomic mass is 10.3. The Bertz CT molecular complexity index is 524. The Hall–Kier alpha value is -2.57. The molecule has 0 bridgehead atoms. The molecule has 0 radical (unpaired) electrons. The van der Waals surface area contributed by atoms with Crippen molar-refractivity contribution in [3.63, 3.8) is 0 Å². The van der Waals surface area contributed by atoms with Crippen molar-refractivity contribution in [2.75, 3.05) is 12.4 Å². The third-order valence-electron chi connectivity index (χ3n) is 2.54. The van der Waals surface area contributed by atoms with Gasteiger partial charge in [-0.25, -0.2) is 9.78 Å². The molecule has 0 saturated heterocycles. The summed E-state index contributed by atoms with van der Waals surface area (Å²) in [5.74, 6) is 1.34. The maximum Gasteiger partial charge on any atom is 0.319 e. The minimum absolute atomic E-state index is 0.249. The van der Waals surface area contributed by atoms with Gasteiger partial charge in [0.1, 0.15) is 17.9 Å². The van der Waals surface area contributed by atoms with Gasteiger partial charge < -0.3 is 15.4 Å². The molecule has 0 unspecified atom stereocenters. The summed E-state index contributed by atoms with van der Waals surface area (Å²) in [5, 5.41) is 11.9. The van der Waals surface area contributed by atoms with Crippen LogP contribution in [0.5, 0.6) is 5.75 Å². The molecule has 7 heteroatoms. The summed E-state index contributed by atoms with van der Waals surface area (Å²) in [7, 11) is 1.59. The summed E-state index contributed by atoms with van der Waals surface area (Å²) >= 11 is 0. The highest BCUT2D eigenvalue weighted by Gasteiger charge is 2.11. The molecule has 7 nitrogen and oxygen atoms in total. The van der Waals surface area contributed by atoms with Crippen molar-refractivity contribution in [2.45, 2.75) is 13.0 Å². The lowest BCUT2D eigenvalue weighted by molar-refractivity contribution is 0.249. The van der Waals surface area contributed by atoms with Gasteiger partial charge in [-0.2, -0.15) is 5.10 Å². The molecule has 0 aliphatic heterocycles. The second-order valence-corrected chi connectivity index (χ2v) is 3.92. The average Bonchev–Trinajstić information content (AvgIpc) is 2.93. The molecule has 19 heavy (non-hydrogen) atoms. The van der Waals surface area contributed by atoms with Crippen LogP contribution in [-0.2, 0) is 0 Å². The zero-order valence-corrected chi connectivity index (χ0v) is 10.7. The summed E-state index contributed by atoms with van der Waals surface area (Å²) < 4.78 is 5.04. The van der Waals surface area contributed by atoms with E-state index in [1.54, 1.807) is 31.4 Å². The number of H-pyrrole nitrogens is 1. The van der Waals surface area contributed by atoms with E-state index in [1.807, 2.05) is 6.92 Å². The number of nitrogens with zero attached hydrogens (tertiary/aromatic N) is 2. The van der Waals surface area contributed by atoms with Crippen molar-refractivity contribution in [1.82, 2.24) is 20.5 Å². The van der Waals surface area contributed by atoms with Crippen LogP contribution in [0.4, 0.5) is 10.5 Å². The fraction of sp³-hybridized carbons (Fsp3) is 0.250. The van der Waals surface area contributed by atoms with Crippen LogP contribution in [0.3, 0.4) is 0 Å². The Balaban J connectivity index is 1.90. The molecule has 0 aliphatic rings. The van der Waals surface area contributed by atoms with Crippen LogP contribution in [0.1, 0.15) is 18.8 Å². The number of anilines is 1. The summed E-state index contributed by atoms with van der Waals surface area (Å²) in [6.45, 7) is 1.81. The Morgan fingerprint density at radius 2 is 2.11 bits per heavy atom. The highest BCUT2D eigenvalue weighted by Crippen LogP contribution is 2.15. The number of nitrogens with one attached hydrogen (secondary N) is 3. The standard InChI is InChI=1S/C12H15N5O2/c1-8(11-13-7-14-17-11)15-12(18)16-9-3-5-10(19-2)6-4-9/h3-8H,1-2H3,(H,13,14,17)(H2,15,16,18)/t8-/m1/s1. The number of benzene rings is 1. The van der Waals surface area contributed by atoms with E-state index in [0.29, 0.717) is 11.5 Å². The predicted octanol–water partition coefficient (Wildman–Crippen LogP) is 1.70. The van der Waals surface area contributed by atoms with Crippen LogP contribution in [-0.4, -0.2) is 28.3 Å². The van der Waals surface area contributed by atoms with Gasteiger partial charge in [0.05, 0.1) is 13.2 Å². The molecule has 0 saturated carbocycles. The number of carbonyl (C=O) groups is 1. The highest BCUT2D eigenvalue weighted by atomic mass is 16.5. The molecule has 2 amide bonds. The Morgan fingerprint density at radius 3 is 2.68 bits per heavy atom. The third kappa shape index (κ3) is 3.44. The Morgan fingerprint density at radius 1 is 1.37 bits per heavy atom. The van der Waals surface area contributed by atoms with Crippen LogP contribution in [0.2, 0.25) is 0 Å². The largest absolute Gasteiger partial charge is 0.497 e. The van der Waals surface area contributed by atoms with Crippen LogP contribution in [0.15, 0.2) is 30.6 Å². The summed E-state index contributed by atoms with van der Waals surface area (Å²) in [4.78, 5) is 15.7. The SMILES string of the molecule is COc1ccc(NC(=O)N[C@H](C)c2ncn[nH]2)cc1. The first-order valence-corrected chi connectivity index (χ1v) is 5.76. The van der Waals surface area contributed by atoms with Crippen LogP contribution >= 0.6 is 0 Å². The monoisotopic (exact) mass is 261 g/mol. The molecule has 2 rings (SSSR count). The lowest BCUT2D eigenvalue weighted by Crippen LogP contribution is -2.31. The molecule has 100 valence electrons. The summed E-state index contributed by atoms with van der Waals surface area (Å²) in [6, 6.07) is 6.51. The second-order valence-electron chi connectivity index (χ2n) is 3.92. The van der Waals surface area contributed by atoms with Gasteiger partial charge in [0, 0.05) is 5.69 Å². The van der Waals surface area contributed by atoms with Crippen LogP contribution in [0.25, 0.3) is 0 Å². The van der Waals surface area contributed by atoms with Gasteiger partial charge in [-0.3, -0.25) is 5.10 Å². The number of aromatic amines is 1. The van der Waals surface area contributed by atoms with Crippen molar-refractivity contribution >= 4 is 11.7 Å². The fourth-order valence-electron chi connectivity index (χ4n) is 1.53. The molecule has 2 aromatic rings. The summed E-state index contributed by atoms with van der Waals surface area (Å²) in [6.07, 6.45) is 1.40. The first kappa shape index (κ1) is 12.9. The molecule has 1 aromatic carbocycles. The zero-order chi connectivity index (χ0) is 13.7. The van der Waals surface area contributed by atoms with E-state index in [4.69, 9.17) is 4.74 Å². The molecule has 1 atom stereocenters. The first-order chi connectivity index (χ1) is 9.19. The average molecular weight is 261 g/mol. The highest BCUT2D eigenvalue weighted by molar-refractivity contribution is 5.89. The predicted molar refractivity (Wildman–Crippen MR) is 69.9 cm³/mol. The molecule has 1 aromatic heterocycles. The van der Waals surface area contributed by atoms with Crippen molar-refractivity contribution in [3.05, 3.63) is 36.4 Å². The van der Waals surface area contributed by atoms with E-state index in [-0.39, 0.29) is 12.1 Å². The number of urea groups is 1. The quantitative estimate of drug-likeness (QED) is 0.781. The van der Waals surface area contributed by atoms with Crippen molar-refractivity contribution in [3.8, 4) is 5.75 Å². The van der Waals surface area contributed by atoms with Gasteiger partial charge in [0.2, 0.25) is 0 Å². The Labute approximate surface area is 110 Å². The van der Waals surface area contributed by atoms with E-state index in [9.17, 15) is 4.79 Å². The van der Waals surface area contributed by atoms with E-state index in [1.165, 1.54) is 6.33 Å². The molecule has 3 N–H and O–H groups in total. The minimum Gasteiger partial charge on any atom is -0.497 e. The Kier molecular flexibility index (Phi) is 3.97. The van der Waals surface area contributed by atoms with Gasteiger partial charge in [-0.05, 0) is 31.2 Å². The van der Waals surface area contributed by atoms with E-state index in [2.05, 4.69) is 25.8 Å². The zero-order valence-electron chi connectivity index (χ0n) is 10.7. The lowest BCUT2D eigenvalue weighted by Gasteiger charge is -2.12. The van der Waals surface area contributed by atoms with Gasteiger partial charge in [0.15, 0.2) is 0 Å². The van der Waals surface area contributed by atoms with Crippen molar-refractivity contribution in [2.24, 2.45) is 0 Å². The van der Waals surface area contributed by atoms with Crippen LogP contribution in [0, 0.1) is 0 Å². The molecule has 0 aliphatic carbocycles. The van der Waals surface area contributed by atoms with Gasteiger partial charge in [0.25, 0.3) is 0 Å². The molecule has 0 fully saturated rings. The number of hydrogen-bond acceptors (Lipinski definition) is 4.